The quantitative estimate of drug-likeness (QED) is 0.636. The summed E-state index contributed by atoms with van der Waals surface area (Å²) in [5, 5.41) is 13.1. The van der Waals surface area contributed by atoms with Crippen LogP contribution in [-0.4, -0.2) is 69.0 Å². The summed E-state index contributed by atoms with van der Waals surface area (Å²) in [6.07, 6.45) is 3.60. The molecule has 0 aromatic rings. The van der Waals surface area contributed by atoms with Crippen molar-refractivity contribution in [2.45, 2.75) is 18.1 Å². The highest BCUT2D eigenvalue weighted by Crippen LogP contribution is 2.35. The maximum Gasteiger partial charge on any atom is 0.333 e. The molecule has 1 unspecified atom stereocenters. The normalized spacial score (nSPS) is 24.1. The lowest BCUT2D eigenvalue weighted by Gasteiger charge is -2.33. The van der Waals surface area contributed by atoms with Crippen LogP contribution in [0.2, 0.25) is 0 Å². The first-order valence-electron chi connectivity index (χ1n) is 7.31. The maximum absolute atomic E-state index is 12.1. The van der Waals surface area contributed by atoms with Gasteiger partial charge in [-0.3, -0.25) is 0 Å². The van der Waals surface area contributed by atoms with Crippen LogP contribution in [0.1, 0.15) is 12.8 Å². The van der Waals surface area contributed by atoms with Crippen LogP contribution in [0.15, 0.2) is 23.3 Å². The van der Waals surface area contributed by atoms with E-state index in [1.54, 1.807) is 0 Å². The van der Waals surface area contributed by atoms with E-state index < -0.39 is 31.5 Å². The Morgan fingerprint density at radius 1 is 1.25 bits per heavy atom. The molecule has 2 aliphatic rings. The van der Waals surface area contributed by atoms with Crippen LogP contribution in [-0.2, 0) is 25.0 Å². The van der Waals surface area contributed by atoms with Gasteiger partial charge in [0.2, 0.25) is 10.0 Å². The number of allylic oxidation sites excluding steroid dienone is 2. The number of primary sulfonamides is 1. The molecule has 0 spiro atoms. The second-order valence-electron chi connectivity index (χ2n) is 6.01. The van der Waals surface area contributed by atoms with E-state index in [4.69, 9.17) is 5.14 Å². The van der Waals surface area contributed by atoms with Crippen LogP contribution in [0.4, 0.5) is 0 Å². The molecule has 2 rings (SSSR count). The SMILES string of the molecule is CN(C)S(=O)(=O)N1CCC(C2=C(C(=O)O)C(S(N)(=O)=O)C=C2)CC1. The molecule has 136 valence electrons. The van der Waals surface area contributed by atoms with Crippen molar-refractivity contribution in [2.75, 3.05) is 27.2 Å². The number of hydrogen-bond donors (Lipinski definition) is 2. The summed E-state index contributed by atoms with van der Waals surface area (Å²) in [6, 6.07) is 0. The number of rotatable bonds is 5. The number of carbonyl (C=O) groups is 1. The predicted molar refractivity (Wildman–Crippen MR) is 87.6 cm³/mol. The van der Waals surface area contributed by atoms with Crippen molar-refractivity contribution >= 4 is 26.2 Å². The number of carboxylic acids is 1. The van der Waals surface area contributed by atoms with Gasteiger partial charge in [-0.05, 0) is 24.3 Å². The average Bonchev–Trinajstić information content (AvgIpc) is 2.92. The van der Waals surface area contributed by atoms with Gasteiger partial charge in [0.15, 0.2) is 0 Å². The smallest absolute Gasteiger partial charge is 0.333 e. The van der Waals surface area contributed by atoms with Gasteiger partial charge in [-0.1, -0.05) is 12.2 Å². The van der Waals surface area contributed by atoms with Crippen molar-refractivity contribution in [2.24, 2.45) is 11.1 Å². The molecule has 1 aliphatic carbocycles. The molecule has 11 heteroatoms. The van der Waals surface area contributed by atoms with Gasteiger partial charge in [0.05, 0.1) is 5.57 Å². The minimum absolute atomic E-state index is 0.215. The van der Waals surface area contributed by atoms with E-state index in [1.165, 1.54) is 30.6 Å². The van der Waals surface area contributed by atoms with Crippen molar-refractivity contribution in [3.8, 4) is 0 Å². The first-order chi connectivity index (χ1) is 11.0. The molecule has 0 saturated carbocycles. The summed E-state index contributed by atoms with van der Waals surface area (Å²) >= 11 is 0. The van der Waals surface area contributed by atoms with Crippen molar-refractivity contribution < 1.29 is 26.7 Å². The van der Waals surface area contributed by atoms with E-state index in [2.05, 4.69) is 0 Å². The Kier molecular flexibility index (Phi) is 5.21. The summed E-state index contributed by atoms with van der Waals surface area (Å²) in [7, 11) is -4.67. The zero-order chi connectivity index (χ0) is 18.3. The lowest BCUT2D eigenvalue weighted by Crippen LogP contribution is -2.44. The molecule has 1 atom stereocenters. The van der Waals surface area contributed by atoms with Crippen LogP contribution >= 0.6 is 0 Å². The summed E-state index contributed by atoms with van der Waals surface area (Å²) in [5.74, 6) is -1.54. The molecule has 0 bridgehead atoms. The van der Waals surface area contributed by atoms with Crippen molar-refractivity contribution in [3.63, 3.8) is 0 Å². The van der Waals surface area contributed by atoms with Crippen LogP contribution in [0.5, 0.6) is 0 Å². The first kappa shape index (κ1) is 19.1. The molecule has 0 aromatic heterocycles. The highest BCUT2D eigenvalue weighted by atomic mass is 32.2. The number of sulfonamides is 1. The zero-order valence-corrected chi connectivity index (χ0v) is 15.0. The maximum atomic E-state index is 12.1. The molecule has 24 heavy (non-hydrogen) atoms. The predicted octanol–water partition coefficient (Wildman–Crippen LogP) is -0.887. The summed E-state index contributed by atoms with van der Waals surface area (Å²) in [6.45, 7) is 0.491. The van der Waals surface area contributed by atoms with Gasteiger partial charge in [-0.15, -0.1) is 0 Å². The van der Waals surface area contributed by atoms with E-state index in [-0.39, 0.29) is 24.6 Å². The highest BCUT2D eigenvalue weighted by molar-refractivity contribution is 7.90. The van der Waals surface area contributed by atoms with E-state index in [1.807, 2.05) is 0 Å². The van der Waals surface area contributed by atoms with E-state index in [0.29, 0.717) is 18.4 Å². The van der Waals surface area contributed by atoms with Crippen molar-refractivity contribution in [1.82, 2.24) is 8.61 Å². The monoisotopic (exact) mass is 379 g/mol. The Balaban J connectivity index is 2.24. The lowest BCUT2D eigenvalue weighted by molar-refractivity contribution is -0.132. The standard InChI is InChI=1S/C13H21N3O6S2/c1-15(2)24(21,22)16-7-5-9(6-8-16)10-3-4-11(23(14,19)20)12(10)13(17)18/h3-4,9,11H,5-8H2,1-2H3,(H,17,18)(H2,14,19,20). The number of aliphatic carboxylic acids is 1. The first-order valence-corrected chi connectivity index (χ1v) is 10.3. The second kappa shape index (κ2) is 6.56. The Morgan fingerprint density at radius 3 is 2.21 bits per heavy atom. The molecule has 3 N–H and O–H groups in total. The molecule has 1 saturated heterocycles. The van der Waals surface area contributed by atoms with Gasteiger partial charge >= 0.3 is 5.97 Å². The van der Waals surface area contributed by atoms with Gasteiger partial charge in [-0.25, -0.2) is 18.4 Å². The third-order valence-corrected chi connectivity index (χ3v) is 7.35. The number of nitrogens with zero attached hydrogens (tertiary/aromatic N) is 2. The van der Waals surface area contributed by atoms with Crippen LogP contribution in [0.3, 0.4) is 0 Å². The largest absolute Gasteiger partial charge is 0.478 e. The van der Waals surface area contributed by atoms with Gasteiger partial charge in [0, 0.05) is 27.2 Å². The lowest BCUT2D eigenvalue weighted by atomic mass is 9.88. The molecular weight excluding hydrogens is 358 g/mol. The Hall–Kier alpha value is -1.27. The summed E-state index contributed by atoms with van der Waals surface area (Å²) in [4.78, 5) is 11.5. The highest BCUT2D eigenvalue weighted by Gasteiger charge is 2.38. The van der Waals surface area contributed by atoms with Crippen LogP contribution in [0.25, 0.3) is 0 Å². The van der Waals surface area contributed by atoms with Crippen LogP contribution < -0.4 is 5.14 Å². The average molecular weight is 379 g/mol. The Bertz CT molecular complexity index is 790. The molecule has 0 radical (unpaired) electrons. The third kappa shape index (κ3) is 3.54. The molecule has 0 amide bonds. The van der Waals surface area contributed by atoms with Gasteiger partial charge in [0.1, 0.15) is 5.25 Å². The number of carboxylic acid groups (broad SMARTS) is 1. The van der Waals surface area contributed by atoms with Crippen LogP contribution in [0, 0.1) is 5.92 Å². The van der Waals surface area contributed by atoms with E-state index in [0.717, 1.165) is 4.31 Å². The van der Waals surface area contributed by atoms with E-state index >= 15 is 0 Å². The number of nitrogens with two attached hydrogens (primary N) is 1. The van der Waals surface area contributed by atoms with Crippen molar-refractivity contribution in [1.29, 1.82) is 0 Å². The molecule has 1 heterocycles. The molecule has 1 aliphatic heterocycles. The fourth-order valence-corrected chi connectivity index (χ4v) is 5.04. The zero-order valence-electron chi connectivity index (χ0n) is 13.4. The van der Waals surface area contributed by atoms with Gasteiger partial charge in [-0.2, -0.15) is 17.0 Å². The Labute approximate surface area is 141 Å². The van der Waals surface area contributed by atoms with Gasteiger partial charge in [0.25, 0.3) is 10.2 Å². The molecule has 9 nitrogen and oxygen atoms in total. The minimum atomic E-state index is -4.05. The van der Waals surface area contributed by atoms with E-state index in [9.17, 15) is 26.7 Å². The minimum Gasteiger partial charge on any atom is -0.478 e. The topological polar surface area (TPSA) is 138 Å². The molecule has 1 fully saturated rings. The third-order valence-electron chi connectivity index (χ3n) is 4.31. The summed E-state index contributed by atoms with van der Waals surface area (Å²) in [5.41, 5.74) is 0.190. The summed E-state index contributed by atoms with van der Waals surface area (Å²) < 4.78 is 49.8. The fraction of sp³-hybridized carbons (Fsp3) is 0.615. The Morgan fingerprint density at radius 2 is 1.79 bits per heavy atom. The number of hydrogen-bond acceptors (Lipinski definition) is 5. The fourth-order valence-electron chi connectivity index (χ4n) is 3.04. The second-order valence-corrected chi connectivity index (χ2v) is 9.83. The number of piperidine rings is 1. The van der Waals surface area contributed by atoms with Crippen molar-refractivity contribution in [3.05, 3.63) is 23.3 Å². The molecule has 0 aromatic carbocycles. The van der Waals surface area contributed by atoms with Gasteiger partial charge < -0.3 is 5.11 Å². The molecular formula is C13H21N3O6S2.